The van der Waals surface area contributed by atoms with Crippen molar-refractivity contribution in [2.75, 3.05) is 26.2 Å². The molecule has 5 nitrogen and oxygen atoms in total. The zero-order chi connectivity index (χ0) is 16.7. The minimum Gasteiger partial charge on any atom is -0.342 e. The number of benzene rings is 1. The fraction of sp³-hybridized carbons (Fsp3) is 0.579. The van der Waals surface area contributed by atoms with Crippen molar-refractivity contribution >= 4 is 29.3 Å². The van der Waals surface area contributed by atoms with Crippen LogP contribution in [-0.4, -0.2) is 46.5 Å². The van der Waals surface area contributed by atoms with Crippen LogP contribution in [0.4, 0.5) is 0 Å². The van der Waals surface area contributed by atoms with Crippen LogP contribution in [0.3, 0.4) is 0 Å². The lowest BCUT2D eigenvalue weighted by Gasteiger charge is -2.37. The average Bonchev–Trinajstić information content (AvgIpc) is 2.93. The first-order valence-electron chi connectivity index (χ1n) is 9.11. The van der Waals surface area contributed by atoms with Crippen LogP contribution in [-0.2, 0) is 4.79 Å². The third-order valence-corrected chi connectivity index (χ3v) is 5.37. The molecule has 1 amide bonds. The normalized spacial score (nSPS) is 21.2. The summed E-state index contributed by atoms with van der Waals surface area (Å²) >= 11 is 0. The monoisotopic (exact) mass is 362 g/mol. The minimum absolute atomic E-state index is 0. The lowest BCUT2D eigenvalue weighted by atomic mass is 9.94. The van der Waals surface area contributed by atoms with Crippen LogP contribution in [0.15, 0.2) is 24.3 Å². The number of halogens is 1. The predicted octanol–water partition coefficient (Wildman–Crippen LogP) is 2.96. The first kappa shape index (κ1) is 18.2. The molecular weight excluding hydrogens is 336 g/mol. The molecule has 2 saturated heterocycles. The van der Waals surface area contributed by atoms with Crippen LogP contribution in [0.2, 0.25) is 0 Å². The van der Waals surface area contributed by atoms with Crippen molar-refractivity contribution < 1.29 is 4.79 Å². The molecule has 2 fully saturated rings. The van der Waals surface area contributed by atoms with Gasteiger partial charge in [0, 0.05) is 38.1 Å². The molecule has 6 heteroatoms. The van der Waals surface area contributed by atoms with E-state index in [0.717, 1.165) is 50.4 Å². The van der Waals surface area contributed by atoms with E-state index in [4.69, 9.17) is 4.98 Å². The van der Waals surface area contributed by atoms with Crippen molar-refractivity contribution in [2.45, 2.75) is 38.6 Å². The van der Waals surface area contributed by atoms with Crippen molar-refractivity contribution in [1.29, 1.82) is 0 Å². The van der Waals surface area contributed by atoms with E-state index in [1.54, 1.807) is 0 Å². The number of rotatable bonds is 3. The SMILES string of the molecule is CC(C)n1c(C2CCCN(C(=O)C3CNC3)C2)nc2ccccc21.Cl. The number of nitrogens with zero attached hydrogens (tertiary/aromatic N) is 3. The Balaban J connectivity index is 0.00000182. The van der Waals surface area contributed by atoms with Gasteiger partial charge >= 0.3 is 0 Å². The zero-order valence-electron chi connectivity index (χ0n) is 14.9. The highest BCUT2D eigenvalue weighted by molar-refractivity contribution is 5.85. The molecule has 2 aliphatic rings. The largest absolute Gasteiger partial charge is 0.342 e. The summed E-state index contributed by atoms with van der Waals surface area (Å²) < 4.78 is 2.36. The van der Waals surface area contributed by atoms with E-state index >= 15 is 0 Å². The van der Waals surface area contributed by atoms with Crippen molar-refractivity contribution in [3.8, 4) is 0 Å². The summed E-state index contributed by atoms with van der Waals surface area (Å²) in [5.41, 5.74) is 2.27. The number of imidazole rings is 1. The van der Waals surface area contributed by atoms with Gasteiger partial charge in [0.25, 0.3) is 0 Å². The van der Waals surface area contributed by atoms with E-state index in [9.17, 15) is 4.79 Å². The van der Waals surface area contributed by atoms with E-state index in [2.05, 4.69) is 46.8 Å². The molecule has 0 aliphatic carbocycles. The van der Waals surface area contributed by atoms with E-state index in [1.807, 2.05) is 6.07 Å². The molecule has 1 N–H and O–H groups in total. The predicted molar refractivity (Wildman–Crippen MR) is 102 cm³/mol. The number of nitrogens with one attached hydrogen (secondary N) is 1. The Bertz CT molecular complexity index is 753. The molecule has 25 heavy (non-hydrogen) atoms. The molecule has 0 saturated carbocycles. The van der Waals surface area contributed by atoms with Crippen molar-refractivity contribution in [3.05, 3.63) is 30.1 Å². The maximum Gasteiger partial charge on any atom is 0.228 e. The van der Waals surface area contributed by atoms with Crippen molar-refractivity contribution in [3.63, 3.8) is 0 Å². The van der Waals surface area contributed by atoms with Crippen molar-refractivity contribution in [2.24, 2.45) is 5.92 Å². The quantitative estimate of drug-likeness (QED) is 0.913. The lowest BCUT2D eigenvalue weighted by Crippen LogP contribution is -2.53. The summed E-state index contributed by atoms with van der Waals surface area (Å²) in [6, 6.07) is 8.73. The smallest absolute Gasteiger partial charge is 0.228 e. The summed E-state index contributed by atoms with van der Waals surface area (Å²) in [6.07, 6.45) is 2.18. The van der Waals surface area contributed by atoms with Crippen molar-refractivity contribution in [1.82, 2.24) is 19.8 Å². The number of hydrogen-bond donors (Lipinski definition) is 1. The highest BCUT2D eigenvalue weighted by Crippen LogP contribution is 2.32. The Morgan fingerprint density at radius 3 is 2.72 bits per heavy atom. The van der Waals surface area contributed by atoms with Crippen LogP contribution in [0.25, 0.3) is 11.0 Å². The molecule has 136 valence electrons. The molecule has 3 heterocycles. The van der Waals surface area contributed by atoms with Gasteiger partial charge in [-0.25, -0.2) is 4.98 Å². The summed E-state index contributed by atoms with van der Waals surface area (Å²) in [6.45, 7) is 7.81. The Morgan fingerprint density at radius 1 is 1.28 bits per heavy atom. The van der Waals surface area contributed by atoms with Gasteiger partial charge in [-0.1, -0.05) is 12.1 Å². The number of carbonyl (C=O) groups is 1. The Kier molecular flexibility index (Phi) is 5.35. The van der Waals surface area contributed by atoms with E-state index < -0.39 is 0 Å². The van der Waals surface area contributed by atoms with Crippen LogP contribution < -0.4 is 5.32 Å². The molecule has 1 aromatic heterocycles. The number of aromatic nitrogens is 2. The number of para-hydroxylation sites is 2. The summed E-state index contributed by atoms with van der Waals surface area (Å²) in [5.74, 6) is 2.00. The number of likely N-dealkylation sites (tertiary alicyclic amines) is 1. The molecule has 1 unspecified atom stereocenters. The highest BCUT2D eigenvalue weighted by atomic mass is 35.5. The standard InChI is InChI=1S/C19H26N4O.ClH/c1-13(2)23-17-8-4-3-7-16(17)21-18(23)14-6-5-9-22(12-14)19(24)15-10-20-11-15;/h3-4,7-8,13-15,20H,5-6,9-12H2,1-2H3;1H. The number of fused-ring (bicyclic) bond motifs is 1. The third kappa shape index (κ3) is 3.27. The third-order valence-electron chi connectivity index (χ3n) is 5.37. The van der Waals surface area contributed by atoms with Crippen LogP contribution in [0, 0.1) is 5.92 Å². The molecule has 2 aliphatic heterocycles. The second-order valence-electron chi connectivity index (χ2n) is 7.40. The average molecular weight is 363 g/mol. The second kappa shape index (κ2) is 7.34. The van der Waals surface area contributed by atoms with Crippen LogP contribution >= 0.6 is 12.4 Å². The number of carbonyl (C=O) groups excluding carboxylic acids is 1. The van der Waals surface area contributed by atoms with Gasteiger partial charge in [0.2, 0.25) is 5.91 Å². The highest BCUT2D eigenvalue weighted by Gasteiger charge is 2.34. The fourth-order valence-corrected chi connectivity index (χ4v) is 4.00. The summed E-state index contributed by atoms with van der Waals surface area (Å²) in [4.78, 5) is 19.6. The zero-order valence-corrected chi connectivity index (χ0v) is 15.8. The van der Waals surface area contributed by atoms with Gasteiger partial charge < -0.3 is 14.8 Å². The van der Waals surface area contributed by atoms with Gasteiger partial charge in [-0.2, -0.15) is 0 Å². The Hall–Kier alpha value is -1.59. The van der Waals surface area contributed by atoms with Crippen LogP contribution in [0.5, 0.6) is 0 Å². The van der Waals surface area contributed by atoms with E-state index in [1.165, 1.54) is 5.52 Å². The van der Waals surface area contributed by atoms with Crippen LogP contribution in [0.1, 0.15) is 44.5 Å². The molecule has 1 atom stereocenters. The minimum atomic E-state index is 0. The van der Waals surface area contributed by atoms with E-state index in [-0.39, 0.29) is 18.3 Å². The van der Waals surface area contributed by atoms with Gasteiger partial charge in [0.05, 0.1) is 17.0 Å². The van der Waals surface area contributed by atoms with Gasteiger partial charge in [-0.3, -0.25) is 4.79 Å². The molecular formula is C19H27ClN4O. The molecule has 0 spiro atoms. The molecule has 4 rings (SSSR count). The summed E-state index contributed by atoms with van der Waals surface area (Å²) in [7, 11) is 0. The first-order valence-corrected chi connectivity index (χ1v) is 9.11. The molecule has 1 aromatic carbocycles. The summed E-state index contributed by atoms with van der Waals surface area (Å²) in [5, 5.41) is 3.20. The lowest BCUT2D eigenvalue weighted by molar-refractivity contribution is -0.138. The van der Waals surface area contributed by atoms with Gasteiger partial charge in [0.1, 0.15) is 5.82 Å². The topological polar surface area (TPSA) is 50.2 Å². The van der Waals surface area contributed by atoms with E-state index in [0.29, 0.717) is 17.9 Å². The second-order valence-corrected chi connectivity index (χ2v) is 7.40. The van der Waals surface area contributed by atoms with Gasteiger partial charge in [0.15, 0.2) is 0 Å². The Morgan fingerprint density at radius 2 is 2.04 bits per heavy atom. The fourth-order valence-electron chi connectivity index (χ4n) is 4.00. The van der Waals surface area contributed by atoms with Gasteiger partial charge in [-0.15, -0.1) is 12.4 Å². The number of amides is 1. The maximum atomic E-state index is 12.6. The molecule has 0 radical (unpaired) electrons. The molecule has 2 aromatic rings. The number of piperidine rings is 1. The van der Waals surface area contributed by atoms with Gasteiger partial charge in [-0.05, 0) is 38.8 Å². The Labute approximate surface area is 155 Å². The maximum absolute atomic E-state index is 12.6. The number of hydrogen-bond acceptors (Lipinski definition) is 3. The molecule has 0 bridgehead atoms. The first-order chi connectivity index (χ1) is 11.6.